The van der Waals surface area contributed by atoms with E-state index in [-0.39, 0.29) is 115 Å². The third-order valence-electron chi connectivity index (χ3n) is 16.6. The number of aliphatic hydroxyl groups excluding tert-OH is 1. The number of carbonyl (C=O) groups excluding carboxylic acids is 8. The Morgan fingerprint density at radius 3 is 2.09 bits per heavy atom. The first kappa shape index (κ1) is 67.3. The van der Waals surface area contributed by atoms with Crippen molar-refractivity contribution in [2.45, 2.75) is 169 Å². The van der Waals surface area contributed by atoms with Crippen molar-refractivity contribution in [1.82, 2.24) is 19.6 Å². The Bertz CT molecular complexity index is 2340. The minimum atomic E-state index is -0.886. The highest BCUT2D eigenvalue weighted by atomic mass is 32.2. The molecule has 5 amide bonds. The Balaban J connectivity index is 1.31. The van der Waals surface area contributed by atoms with Crippen LogP contribution in [-0.2, 0) is 54.4 Å². The Morgan fingerprint density at radius 1 is 0.812 bits per heavy atom. The van der Waals surface area contributed by atoms with Crippen LogP contribution in [0.1, 0.15) is 143 Å². The van der Waals surface area contributed by atoms with Gasteiger partial charge in [-0.2, -0.15) is 11.8 Å². The van der Waals surface area contributed by atoms with Gasteiger partial charge >= 0.3 is 6.09 Å². The largest absolute Gasteiger partial charge is 0.445 e. The lowest BCUT2D eigenvalue weighted by Gasteiger charge is -2.41. The van der Waals surface area contributed by atoms with Gasteiger partial charge in [-0.15, -0.1) is 0 Å². The number of likely N-dealkylation sites (tertiary alicyclic amines) is 2. The van der Waals surface area contributed by atoms with Crippen LogP contribution in [0.3, 0.4) is 0 Å². The maximum absolute atomic E-state index is 14.8. The molecule has 446 valence electrons. The van der Waals surface area contributed by atoms with E-state index in [1.54, 1.807) is 67.1 Å². The van der Waals surface area contributed by atoms with Gasteiger partial charge in [0, 0.05) is 90.4 Å². The molecule has 0 aliphatic carbocycles. The number of nitrogens with zero attached hydrogens (tertiary/aromatic N) is 4. The van der Waals surface area contributed by atoms with E-state index in [2.05, 4.69) is 5.32 Å². The number of unbranched alkanes of at least 4 members (excludes halogenated alkanes) is 2. The summed E-state index contributed by atoms with van der Waals surface area (Å²) in [7, 11) is 6.35. The topological polar surface area (TPSA) is 209 Å². The monoisotopic (exact) mass is 1130 g/mol. The molecule has 2 heterocycles. The number of nitrogens with one attached hydrogen (secondary N) is 1. The molecule has 2 aromatic rings. The third-order valence-corrected chi connectivity index (χ3v) is 17.3. The van der Waals surface area contributed by atoms with E-state index in [4.69, 9.17) is 14.2 Å². The number of rotatable bonds is 35. The highest BCUT2D eigenvalue weighted by Gasteiger charge is 2.44. The molecule has 17 nitrogen and oxygen atoms in total. The number of amides is 5. The van der Waals surface area contributed by atoms with Crippen molar-refractivity contribution in [2.24, 2.45) is 41.4 Å². The molecule has 4 rings (SSSR count). The zero-order chi connectivity index (χ0) is 59.4. The lowest BCUT2D eigenvalue weighted by atomic mass is 9.83. The number of thioether (sulfide) groups is 1. The van der Waals surface area contributed by atoms with Crippen molar-refractivity contribution < 1.29 is 57.7 Å². The summed E-state index contributed by atoms with van der Waals surface area (Å²) in [5.74, 6) is -2.77. The molecule has 0 bridgehead atoms. The predicted molar refractivity (Wildman–Crippen MR) is 312 cm³/mol. The summed E-state index contributed by atoms with van der Waals surface area (Å²) in [6, 6.07) is 14.7. The maximum Gasteiger partial charge on any atom is 0.410 e. The summed E-state index contributed by atoms with van der Waals surface area (Å²) in [6.07, 6.45) is 3.95. The van der Waals surface area contributed by atoms with Crippen LogP contribution in [0.2, 0.25) is 0 Å². The Hall–Kier alpha value is -5.17. The van der Waals surface area contributed by atoms with Crippen LogP contribution in [0.15, 0.2) is 54.6 Å². The first-order chi connectivity index (χ1) is 38.0. The highest BCUT2D eigenvalue weighted by molar-refractivity contribution is 7.98. The van der Waals surface area contributed by atoms with Gasteiger partial charge in [-0.25, -0.2) is 4.79 Å². The van der Waals surface area contributed by atoms with E-state index in [9.17, 15) is 43.5 Å². The van der Waals surface area contributed by atoms with Crippen molar-refractivity contribution in [3.63, 3.8) is 0 Å². The number of imide groups is 1. The molecule has 2 aliphatic heterocycles. The van der Waals surface area contributed by atoms with Crippen molar-refractivity contribution in [3.8, 4) is 0 Å². The molecular weight excluding hydrogens is 1040 g/mol. The molecule has 0 spiro atoms. The van der Waals surface area contributed by atoms with Gasteiger partial charge in [0.15, 0.2) is 11.6 Å². The fourth-order valence-corrected chi connectivity index (χ4v) is 12.3. The summed E-state index contributed by atoms with van der Waals surface area (Å²) in [4.78, 5) is 114. The van der Waals surface area contributed by atoms with E-state index >= 15 is 0 Å². The zero-order valence-electron chi connectivity index (χ0n) is 50.2. The number of carbonyl (C=O) groups is 8. The van der Waals surface area contributed by atoms with Crippen LogP contribution >= 0.6 is 11.8 Å². The number of Topliss-reactive ketones (excluding diaryl/α,β-unsaturated/α-hetero) is 3. The van der Waals surface area contributed by atoms with Gasteiger partial charge in [0.25, 0.3) is 0 Å². The first-order valence-electron chi connectivity index (χ1n) is 29.0. The number of hydrogen-bond acceptors (Lipinski definition) is 14. The summed E-state index contributed by atoms with van der Waals surface area (Å²) < 4.78 is 17.8. The Kier molecular flexibility index (Phi) is 27.8. The number of aliphatic hydroxyl groups is 1. The second kappa shape index (κ2) is 33.1. The minimum absolute atomic E-state index is 0.0215. The van der Waals surface area contributed by atoms with Crippen LogP contribution in [0.25, 0.3) is 0 Å². The van der Waals surface area contributed by atoms with Gasteiger partial charge in [0.2, 0.25) is 23.6 Å². The van der Waals surface area contributed by atoms with E-state index in [1.165, 1.54) is 16.8 Å². The van der Waals surface area contributed by atoms with E-state index in [1.807, 2.05) is 92.0 Å². The third kappa shape index (κ3) is 18.7. The van der Waals surface area contributed by atoms with Crippen molar-refractivity contribution in [3.05, 3.63) is 65.7 Å². The second-order valence-corrected chi connectivity index (χ2v) is 24.0. The second-order valence-electron chi connectivity index (χ2n) is 23.1. The average Bonchev–Trinajstić information content (AvgIpc) is 4.05. The van der Waals surface area contributed by atoms with Crippen LogP contribution in [0.4, 0.5) is 10.5 Å². The number of anilines is 1. The van der Waals surface area contributed by atoms with Gasteiger partial charge in [-0.1, -0.05) is 111 Å². The molecule has 2 aromatic carbocycles. The van der Waals surface area contributed by atoms with Crippen molar-refractivity contribution in [1.29, 1.82) is 0 Å². The summed E-state index contributed by atoms with van der Waals surface area (Å²) in [5, 5.41) is 14.1. The van der Waals surface area contributed by atoms with Crippen LogP contribution in [0, 0.1) is 41.4 Å². The van der Waals surface area contributed by atoms with Crippen LogP contribution < -0.4 is 5.32 Å². The van der Waals surface area contributed by atoms with Gasteiger partial charge in [0.05, 0.1) is 55.3 Å². The molecule has 0 saturated carbocycles. The number of ether oxygens (including phenoxy) is 3. The number of ketones is 3. The van der Waals surface area contributed by atoms with E-state index < -0.39 is 48.3 Å². The van der Waals surface area contributed by atoms with Gasteiger partial charge < -0.3 is 39.3 Å². The maximum atomic E-state index is 14.8. The molecule has 80 heavy (non-hydrogen) atoms. The lowest BCUT2D eigenvalue weighted by molar-refractivity contribution is -0.149. The molecule has 0 aromatic heterocycles. The van der Waals surface area contributed by atoms with E-state index in [0.29, 0.717) is 56.5 Å². The number of benzene rings is 2. The zero-order valence-corrected chi connectivity index (χ0v) is 51.0. The van der Waals surface area contributed by atoms with Crippen LogP contribution in [-0.4, -0.2) is 162 Å². The Labute approximate surface area is 481 Å². The molecule has 2 fully saturated rings. The molecule has 1 unspecified atom stereocenters. The quantitative estimate of drug-likeness (QED) is 0.0488. The summed E-state index contributed by atoms with van der Waals surface area (Å²) in [5.41, 5.74) is 2.17. The fourth-order valence-electron chi connectivity index (χ4n) is 11.6. The van der Waals surface area contributed by atoms with E-state index in [0.717, 1.165) is 24.1 Å². The standard InChI is InChI=1S/C62H95N5O12S/c1-14-41(6)57(53(77-11)35-55(72)66-31-21-25-50(66)59(78-12)43(8)51(69)32-42(7)58(73)45-22-17-15-18-23-45)64(9)61(75)49(39(2)3)34-52(70)56(40(4)5)65(10)62(76)79-37-44-26-28-47(29-27-44)63-36-48(68)24-19-16-20-30-67-54(71)33-46(38-80-13)60(67)74/h15,17-18,22-23,26-29,39-43,46,49-50,53,56-59,63,73H,14,16,19-21,24-25,30-38H2,1-13H3/t41-,42-,43-,46?,49-,50-,53+,56-,57-,58+,59+/m0/s1. The smallest absolute Gasteiger partial charge is 0.410 e. The van der Waals surface area contributed by atoms with Gasteiger partial charge in [0.1, 0.15) is 12.4 Å². The van der Waals surface area contributed by atoms with Crippen molar-refractivity contribution in [2.75, 3.05) is 65.3 Å². The number of hydrogen-bond donors (Lipinski definition) is 2. The minimum Gasteiger partial charge on any atom is -0.445 e. The Morgan fingerprint density at radius 2 is 1.49 bits per heavy atom. The molecule has 2 N–H and O–H groups in total. The molecule has 18 heteroatoms. The SMILES string of the molecule is CC[C@H](C)[C@@H]([C@@H](CC(=O)N1CCC[C@H]1[C@H](OC)[C@@H](C)C(=O)C[C@H](C)[C@@H](O)c1ccccc1)OC)N(C)C(=O)[C@@H](CC(=O)[C@H](C(C)C)N(C)C(=O)OCc1ccc(NCC(=O)CCCCCN2C(=O)CC(CSC)C2=O)cc1)C(C)C. The van der Waals surface area contributed by atoms with Gasteiger partial charge in [-0.05, 0) is 78.9 Å². The normalized spacial score (nSPS) is 19.0. The van der Waals surface area contributed by atoms with Crippen molar-refractivity contribution >= 4 is 64.5 Å². The fraction of sp³-hybridized carbons (Fsp3) is 0.677. The number of likely N-dealkylation sites (N-methyl/N-ethyl adjacent to an activating group) is 2. The van der Waals surface area contributed by atoms with Gasteiger partial charge in [-0.3, -0.25) is 38.5 Å². The average molecular weight is 1130 g/mol. The highest BCUT2D eigenvalue weighted by Crippen LogP contribution is 2.33. The summed E-state index contributed by atoms with van der Waals surface area (Å²) in [6.45, 7) is 16.2. The molecule has 2 aliphatic rings. The predicted octanol–water partition coefficient (Wildman–Crippen LogP) is 9.04. The molecule has 2 saturated heterocycles. The lowest BCUT2D eigenvalue weighted by Crippen LogP contribution is -2.54. The van der Waals surface area contributed by atoms with Crippen LogP contribution in [0.5, 0.6) is 0 Å². The molecule has 11 atom stereocenters. The molecule has 0 radical (unpaired) electrons. The first-order valence-corrected chi connectivity index (χ1v) is 30.4. The number of methoxy groups -OCH3 is 2. The molecular formula is C62H95N5O12S. The summed E-state index contributed by atoms with van der Waals surface area (Å²) >= 11 is 1.56.